The van der Waals surface area contributed by atoms with Gasteiger partial charge in [0.05, 0.1) is 5.69 Å². The number of nitrogens with zero attached hydrogens (tertiary/aromatic N) is 1. The molecule has 1 aromatic rings. The summed E-state index contributed by atoms with van der Waals surface area (Å²) in [5, 5.41) is 14.2. The van der Waals surface area contributed by atoms with Crippen molar-refractivity contribution in [3.8, 4) is 0 Å². The first kappa shape index (κ1) is 10.2. The van der Waals surface area contributed by atoms with Gasteiger partial charge >= 0.3 is 0 Å². The number of nitrogens with one attached hydrogen (secondary N) is 1. The summed E-state index contributed by atoms with van der Waals surface area (Å²) in [7, 11) is 0. The molecule has 1 aliphatic heterocycles. The Labute approximate surface area is 95.9 Å². The second-order valence-electron chi connectivity index (χ2n) is 5.12. The smallest absolute Gasteiger partial charge is 0.108 e. The van der Waals surface area contributed by atoms with E-state index in [1.807, 2.05) is 18.2 Å². The van der Waals surface area contributed by atoms with Crippen LogP contribution in [0.4, 0.5) is 0 Å². The fraction of sp³-hybridized carbons (Fsp3) is 0.615. The van der Waals surface area contributed by atoms with Crippen molar-refractivity contribution in [2.45, 2.75) is 37.3 Å². The Bertz CT molecular complexity index is 351. The molecule has 86 valence electrons. The van der Waals surface area contributed by atoms with Crippen molar-refractivity contribution >= 4 is 0 Å². The van der Waals surface area contributed by atoms with E-state index >= 15 is 0 Å². The Balaban J connectivity index is 1.85. The third-order valence-corrected chi connectivity index (χ3v) is 4.03. The molecule has 1 aromatic heterocycles. The van der Waals surface area contributed by atoms with Crippen molar-refractivity contribution < 1.29 is 5.11 Å². The van der Waals surface area contributed by atoms with E-state index in [-0.39, 0.29) is 0 Å². The molecule has 0 aromatic carbocycles. The number of hydrogen-bond donors (Lipinski definition) is 2. The zero-order valence-electron chi connectivity index (χ0n) is 9.39. The van der Waals surface area contributed by atoms with Crippen LogP contribution in [-0.4, -0.2) is 22.7 Å². The highest BCUT2D eigenvalue weighted by Crippen LogP contribution is 2.44. The van der Waals surface area contributed by atoms with Crippen molar-refractivity contribution in [3.63, 3.8) is 0 Å². The topological polar surface area (TPSA) is 45.2 Å². The number of aromatic nitrogens is 1. The summed E-state index contributed by atoms with van der Waals surface area (Å²) in [6.45, 7) is 1.10. The lowest BCUT2D eigenvalue weighted by Crippen LogP contribution is -2.38. The van der Waals surface area contributed by atoms with E-state index in [0.717, 1.165) is 25.1 Å². The largest absolute Gasteiger partial charge is 0.383 e. The van der Waals surface area contributed by atoms with E-state index in [1.165, 1.54) is 12.8 Å². The highest BCUT2D eigenvalue weighted by atomic mass is 16.3. The maximum Gasteiger partial charge on any atom is 0.108 e. The monoisotopic (exact) mass is 218 g/mol. The van der Waals surface area contributed by atoms with Gasteiger partial charge in [-0.05, 0) is 50.3 Å². The van der Waals surface area contributed by atoms with Crippen molar-refractivity contribution in [1.82, 2.24) is 10.3 Å². The Morgan fingerprint density at radius 3 is 3.06 bits per heavy atom. The minimum Gasteiger partial charge on any atom is -0.383 e. The first-order valence-electron chi connectivity index (χ1n) is 6.15. The van der Waals surface area contributed by atoms with Crippen LogP contribution in [0.2, 0.25) is 0 Å². The third-order valence-electron chi connectivity index (χ3n) is 4.03. The number of hydrogen-bond acceptors (Lipinski definition) is 3. The number of fused-ring (bicyclic) bond motifs is 1. The van der Waals surface area contributed by atoms with E-state index in [9.17, 15) is 5.11 Å². The zero-order valence-corrected chi connectivity index (χ0v) is 9.39. The average molecular weight is 218 g/mol. The van der Waals surface area contributed by atoms with Crippen LogP contribution in [0.1, 0.15) is 31.4 Å². The van der Waals surface area contributed by atoms with Gasteiger partial charge in [0.25, 0.3) is 0 Å². The highest BCUT2D eigenvalue weighted by Gasteiger charge is 2.46. The van der Waals surface area contributed by atoms with Crippen LogP contribution in [-0.2, 0) is 5.60 Å². The van der Waals surface area contributed by atoms with Crippen molar-refractivity contribution in [1.29, 1.82) is 0 Å². The number of pyridine rings is 1. The van der Waals surface area contributed by atoms with Gasteiger partial charge in [0, 0.05) is 12.2 Å². The maximum atomic E-state index is 10.7. The molecule has 0 spiro atoms. The minimum atomic E-state index is -0.700. The standard InChI is InChI=1S/C13H18N2O/c16-13(12-5-1-2-6-15-12)8-10-4-3-7-14-11(10)9-13/h1-2,5-6,10-11,14,16H,3-4,7-9H2. The van der Waals surface area contributed by atoms with E-state index in [4.69, 9.17) is 0 Å². The van der Waals surface area contributed by atoms with Gasteiger partial charge in [-0.1, -0.05) is 6.07 Å². The summed E-state index contributed by atoms with van der Waals surface area (Å²) in [6.07, 6.45) is 5.92. The van der Waals surface area contributed by atoms with Crippen LogP contribution >= 0.6 is 0 Å². The third kappa shape index (κ3) is 1.64. The number of aliphatic hydroxyl groups is 1. The predicted molar refractivity (Wildman–Crippen MR) is 61.9 cm³/mol. The second kappa shape index (κ2) is 3.82. The normalized spacial score (nSPS) is 38.3. The van der Waals surface area contributed by atoms with Gasteiger partial charge in [0.2, 0.25) is 0 Å². The van der Waals surface area contributed by atoms with Crippen LogP contribution in [0.3, 0.4) is 0 Å². The average Bonchev–Trinajstić information content (AvgIpc) is 2.68. The van der Waals surface area contributed by atoms with Gasteiger partial charge in [-0.3, -0.25) is 4.98 Å². The van der Waals surface area contributed by atoms with Crippen LogP contribution in [0.15, 0.2) is 24.4 Å². The molecule has 3 rings (SSSR count). The van der Waals surface area contributed by atoms with E-state index < -0.39 is 5.60 Å². The fourth-order valence-electron chi connectivity index (χ4n) is 3.23. The summed E-state index contributed by atoms with van der Waals surface area (Å²) < 4.78 is 0. The lowest BCUT2D eigenvalue weighted by Gasteiger charge is -2.25. The summed E-state index contributed by atoms with van der Waals surface area (Å²) in [4.78, 5) is 4.31. The number of rotatable bonds is 1. The molecule has 1 saturated carbocycles. The Kier molecular flexibility index (Phi) is 2.45. The SMILES string of the molecule is OC1(c2ccccn2)CC2CCCNC2C1. The van der Waals surface area contributed by atoms with E-state index in [1.54, 1.807) is 6.20 Å². The molecular weight excluding hydrogens is 200 g/mol. The predicted octanol–water partition coefficient (Wildman–Crippen LogP) is 1.43. The molecule has 3 heteroatoms. The van der Waals surface area contributed by atoms with Gasteiger partial charge in [0.1, 0.15) is 5.60 Å². The molecule has 1 saturated heterocycles. The molecule has 2 aliphatic rings. The maximum absolute atomic E-state index is 10.7. The van der Waals surface area contributed by atoms with E-state index in [2.05, 4.69) is 10.3 Å². The van der Waals surface area contributed by atoms with E-state index in [0.29, 0.717) is 12.0 Å². The molecular formula is C13H18N2O. The van der Waals surface area contributed by atoms with Gasteiger partial charge < -0.3 is 10.4 Å². The summed E-state index contributed by atoms with van der Waals surface area (Å²) in [5.74, 6) is 0.626. The van der Waals surface area contributed by atoms with Crippen LogP contribution in [0.25, 0.3) is 0 Å². The van der Waals surface area contributed by atoms with Crippen LogP contribution < -0.4 is 5.32 Å². The molecule has 16 heavy (non-hydrogen) atoms. The molecule has 0 bridgehead atoms. The Morgan fingerprint density at radius 1 is 1.38 bits per heavy atom. The van der Waals surface area contributed by atoms with Crippen LogP contribution in [0.5, 0.6) is 0 Å². The molecule has 2 N–H and O–H groups in total. The molecule has 2 heterocycles. The molecule has 1 aliphatic carbocycles. The van der Waals surface area contributed by atoms with Gasteiger partial charge in [-0.25, -0.2) is 0 Å². The molecule has 3 atom stereocenters. The molecule has 3 unspecified atom stereocenters. The quantitative estimate of drug-likeness (QED) is 0.749. The first-order chi connectivity index (χ1) is 7.78. The summed E-state index contributed by atoms with van der Waals surface area (Å²) >= 11 is 0. The minimum absolute atomic E-state index is 0.487. The summed E-state index contributed by atoms with van der Waals surface area (Å²) in [5.41, 5.74) is 0.139. The number of piperidine rings is 1. The van der Waals surface area contributed by atoms with Gasteiger partial charge in [-0.2, -0.15) is 0 Å². The zero-order chi connectivity index (χ0) is 11.0. The Hall–Kier alpha value is -0.930. The fourth-order valence-corrected chi connectivity index (χ4v) is 3.23. The lowest BCUT2D eigenvalue weighted by atomic mass is 9.92. The van der Waals surface area contributed by atoms with Crippen molar-refractivity contribution in [3.05, 3.63) is 30.1 Å². The first-order valence-corrected chi connectivity index (χ1v) is 6.15. The second-order valence-corrected chi connectivity index (χ2v) is 5.12. The molecule has 2 fully saturated rings. The molecule has 3 nitrogen and oxygen atoms in total. The van der Waals surface area contributed by atoms with Gasteiger partial charge in [0.15, 0.2) is 0 Å². The lowest BCUT2D eigenvalue weighted by molar-refractivity contribution is 0.0345. The summed E-state index contributed by atoms with van der Waals surface area (Å²) in [6, 6.07) is 6.28. The highest BCUT2D eigenvalue weighted by molar-refractivity contribution is 5.17. The molecule has 0 amide bonds. The molecule has 0 radical (unpaired) electrons. The van der Waals surface area contributed by atoms with Crippen molar-refractivity contribution in [2.24, 2.45) is 5.92 Å². The van der Waals surface area contributed by atoms with Gasteiger partial charge in [-0.15, -0.1) is 0 Å². The Morgan fingerprint density at radius 2 is 2.31 bits per heavy atom. The van der Waals surface area contributed by atoms with Crippen molar-refractivity contribution in [2.75, 3.05) is 6.54 Å². The van der Waals surface area contributed by atoms with Crippen LogP contribution in [0, 0.1) is 5.92 Å².